The van der Waals surface area contributed by atoms with E-state index < -0.39 is 35.4 Å². The van der Waals surface area contributed by atoms with Crippen LogP contribution in [-0.4, -0.2) is 35.1 Å². The van der Waals surface area contributed by atoms with Crippen molar-refractivity contribution < 1.29 is 24.2 Å². The van der Waals surface area contributed by atoms with Gasteiger partial charge in [0.15, 0.2) is 6.61 Å². The maximum absolute atomic E-state index is 12.7. The van der Waals surface area contributed by atoms with E-state index in [4.69, 9.17) is 16.3 Å². The summed E-state index contributed by atoms with van der Waals surface area (Å²) in [6.07, 6.45) is 4.42. The number of ether oxygens (including phenoxy) is 1. The topological polar surface area (TPSA) is 105 Å². The smallest absolute Gasteiger partial charge is 0.312 e. The van der Waals surface area contributed by atoms with Gasteiger partial charge in [-0.05, 0) is 62.5 Å². The lowest BCUT2D eigenvalue weighted by atomic mass is 9.48. The molecule has 4 fully saturated rings. The number of rotatable bonds is 4. The molecule has 4 aliphatic rings. The van der Waals surface area contributed by atoms with Crippen LogP contribution in [0.1, 0.15) is 48.9 Å². The summed E-state index contributed by atoms with van der Waals surface area (Å²) in [5.41, 5.74) is 3.25. The molecule has 3 N–H and O–H groups in total. The van der Waals surface area contributed by atoms with E-state index in [0.717, 1.165) is 32.1 Å². The third kappa shape index (κ3) is 3.61. The molecule has 0 radical (unpaired) electrons. The number of carbonyl (C=O) groups excluding carboxylic acids is 3. The molecule has 2 unspecified atom stereocenters. The van der Waals surface area contributed by atoms with Crippen LogP contribution in [0.2, 0.25) is 5.02 Å². The summed E-state index contributed by atoms with van der Waals surface area (Å²) in [5, 5.41) is 11.0. The number of amides is 2. The first-order valence-electron chi connectivity index (χ1n) is 9.52. The highest BCUT2D eigenvalue weighted by Crippen LogP contribution is 2.61. The molecule has 2 atom stereocenters. The normalized spacial score (nSPS) is 32.6. The fraction of sp³-hybridized carbons (Fsp3) is 0.550. The molecule has 8 heteroatoms. The Morgan fingerprint density at radius 3 is 2.43 bits per heavy atom. The first-order valence-corrected chi connectivity index (χ1v) is 9.90. The zero-order valence-electron chi connectivity index (χ0n) is 15.4. The Balaban J connectivity index is 1.29. The number of hydrazine groups is 1. The number of halogens is 1. The number of benzene rings is 1. The summed E-state index contributed by atoms with van der Waals surface area (Å²) < 4.78 is 5.26. The highest BCUT2D eigenvalue weighted by molar-refractivity contribution is 6.33. The summed E-state index contributed by atoms with van der Waals surface area (Å²) in [5.74, 6) is -0.927. The number of nitrogens with one attached hydrogen (secondary N) is 2. The number of esters is 1. The average molecular weight is 407 g/mol. The second-order valence-corrected chi connectivity index (χ2v) is 8.93. The van der Waals surface area contributed by atoms with Crippen molar-refractivity contribution in [3.63, 3.8) is 0 Å². The van der Waals surface area contributed by atoms with Gasteiger partial charge in [-0.1, -0.05) is 23.7 Å². The first-order chi connectivity index (χ1) is 13.3. The standard InChI is InChI=1S/C20H23ClN2O5/c21-15-4-2-1-3-14(15)17(25)23-22-16(24)10-28-18(26)19-6-12-5-13(7-19)9-20(27,8-12)11-19/h1-4,12-13,27H,5-11H2,(H,22,24)(H,23,25). The van der Waals surface area contributed by atoms with E-state index in [1.807, 2.05) is 0 Å². The molecule has 0 spiro atoms. The van der Waals surface area contributed by atoms with Gasteiger partial charge in [0.1, 0.15) is 0 Å². The summed E-state index contributed by atoms with van der Waals surface area (Å²) >= 11 is 5.93. The highest BCUT2D eigenvalue weighted by atomic mass is 35.5. The van der Waals surface area contributed by atoms with Crippen LogP contribution < -0.4 is 10.9 Å². The lowest BCUT2D eigenvalue weighted by Gasteiger charge is -2.58. The van der Waals surface area contributed by atoms with Crippen molar-refractivity contribution in [2.45, 2.75) is 44.1 Å². The van der Waals surface area contributed by atoms with Crippen molar-refractivity contribution in [3.8, 4) is 0 Å². The van der Waals surface area contributed by atoms with E-state index in [9.17, 15) is 19.5 Å². The predicted octanol–water partition coefficient (Wildman–Crippen LogP) is 1.98. The number of aliphatic hydroxyl groups is 1. The van der Waals surface area contributed by atoms with Crippen LogP contribution in [0.4, 0.5) is 0 Å². The molecule has 28 heavy (non-hydrogen) atoms. The molecule has 0 heterocycles. The van der Waals surface area contributed by atoms with Gasteiger partial charge < -0.3 is 9.84 Å². The van der Waals surface area contributed by atoms with Gasteiger partial charge in [-0.2, -0.15) is 0 Å². The molecule has 150 valence electrons. The third-order valence-electron chi connectivity index (χ3n) is 6.23. The van der Waals surface area contributed by atoms with Gasteiger partial charge in [0, 0.05) is 0 Å². The lowest BCUT2D eigenvalue weighted by molar-refractivity contribution is -0.196. The van der Waals surface area contributed by atoms with Crippen molar-refractivity contribution in [1.29, 1.82) is 0 Å². The average Bonchev–Trinajstić information content (AvgIpc) is 2.62. The summed E-state index contributed by atoms with van der Waals surface area (Å²) in [6, 6.07) is 6.45. The molecule has 4 bridgehead atoms. The fourth-order valence-corrected chi connectivity index (χ4v) is 5.83. The molecule has 4 saturated carbocycles. The van der Waals surface area contributed by atoms with Crippen LogP contribution in [0.5, 0.6) is 0 Å². The van der Waals surface area contributed by atoms with Gasteiger partial charge >= 0.3 is 5.97 Å². The van der Waals surface area contributed by atoms with Crippen LogP contribution in [0.3, 0.4) is 0 Å². The molecule has 5 rings (SSSR count). The third-order valence-corrected chi connectivity index (χ3v) is 6.56. The second-order valence-electron chi connectivity index (χ2n) is 8.52. The Morgan fingerprint density at radius 2 is 1.79 bits per heavy atom. The monoisotopic (exact) mass is 406 g/mol. The molecule has 4 aliphatic carbocycles. The van der Waals surface area contributed by atoms with E-state index >= 15 is 0 Å². The van der Waals surface area contributed by atoms with Gasteiger partial charge in [-0.3, -0.25) is 25.2 Å². The molecule has 1 aromatic rings. The molecule has 1 aromatic carbocycles. The predicted molar refractivity (Wildman–Crippen MR) is 100 cm³/mol. The summed E-state index contributed by atoms with van der Waals surface area (Å²) in [4.78, 5) is 36.7. The van der Waals surface area contributed by atoms with Crippen LogP contribution in [0.15, 0.2) is 24.3 Å². The molecule has 7 nitrogen and oxygen atoms in total. The van der Waals surface area contributed by atoms with Crippen LogP contribution in [0, 0.1) is 17.3 Å². The fourth-order valence-electron chi connectivity index (χ4n) is 5.61. The number of hydrogen-bond acceptors (Lipinski definition) is 5. The minimum Gasteiger partial charge on any atom is -0.455 e. The second kappa shape index (κ2) is 7.04. The largest absolute Gasteiger partial charge is 0.455 e. The minimum atomic E-state index is -0.770. The van der Waals surface area contributed by atoms with Crippen LogP contribution in [-0.2, 0) is 14.3 Å². The Labute approximate surface area is 167 Å². The minimum absolute atomic E-state index is 0.225. The maximum atomic E-state index is 12.7. The molecule has 2 amide bonds. The Kier molecular flexibility index (Phi) is 4.83. The Hall–Kier alpha value is -2.12. The van der Waals surface area contributed by atoms with E-state index in [1.165, 1.54) is 6.07 Å². The van der Waals surface area contributed by atoms with Gasteiger partial charge in [-0.15, -0.1) is 0 Å². The van der Waals surface area contributed by atoms with Crippen LogP contribution in [0.25, 0.3) is 0 Å². The lowest BCUT2D eigenvalue weighted by Crippen LogP contribution is -2.58. The number of hydrogen-bond donors (Lipinski definition) is 3. The SMILES string of the molecule is O=C(COC(=O)C12CC3CC(CC(O)(C3)C1)C2)NNC(=O)c1ccccc1Cl. The molecular weight excluding hydrogens is 384 g/mol. The van der Waals surface area contributed by atoms with Gasteiger partial charge in [-0.25, -0.2) is 0 Å². The zero-order valence-corrected chi connectivity index (χ0v) is 16.1. The van der Waals surface area contributed by atoms with Gasteiger partial charge in [0.2, 0.25) is 0 Å². The zero-order chi connectivity index (χ0) is 19.9. The maximum Gasteiger partial charge on any atom is 0.312 e. The van der Waals surface area contributed by atoms with Crippen molar-refractivity contribution in [2.24, 2.45) is 17.3 Å². The quantitative estimate of drug-likeness (QED) is 0.523. The highest BCUT2D eigenvalue weighted by Gasteiger charge is 2.60. The van der Waals surface area contributed by atoms with Crippen LogP contribution >= 0.6 is 11.6 Å². The molecule has 0 saturated heterocycles. The van der Waals surface area contributed by atoms with E-state index in [1.54, 1.807) is 18.2 Å². The number of carbonyl (C=O) groups is 3. The molecule has 0 aromatic heterocycles. The molecule has 0 aliphatic heterocycles. The van der Waals surface area contributed by atoms with Gasteiger partial charge in [0.25, 0.3) is 11.8 Å². The Bertz CT molecular complexity index is 813. The van der Waals surface area contributed by atoms with E-state index in [2.05, 4.69) is 10.9 Å². The van der Waals surface area contributed by atoms with Crippen molar-refractivity contribution in [2.75, 3.05) is 6.61 Å². The molecular formula is C20H23ClN2O5. The van der Waals surface area contributed by atoms with Crippen molar-refractivity contribution in [1.82, 2.24) is 10.9 Å². The van der Waals surface area contributed by atoms with Crippen molar-refractivity contribution in [3.05, 3.63) is 34.9 Å². The van der Waals surface area contributed by atoms with Gasteiger partial charge in [0.05, 0.1) is 21.6 Å². The summed E-state index contributed by atoms with van der Waals surface area (Å²) in [6.45, 7) is -0.489. The first kappa shape index (κ1) is 19.2. The van der Waals surface area contributed by atoms with E-state index in [0.29, 0.717) is 18.3 Å². The van der Waals surface area contributed by atoms with E-state index in [-0.39, 0.29) is 10.6 Å². The summed E-state index contributed by atoms with van der Waals surface area (Å²) in [7, 11) is 0. The van der Waals surface area contributed by atoms with Crippen molar-refractivity contribution >= 4 is 29.4 Å². The Morgan fingerprint density at radius 1 is 1.11 bits per heavy atom.